The lowest BCUT2D eigenvalue weighted by molar-refractivity contribution is 0.855. The number of aromatic nitrogens is 2. The predicted octanol–water partition coefficient (Wildman–Crippen LogP) is 0.338. The zero-order valence-electron chi connectivity index (χ0n) is 6.41. The molecule has 0 aromatic carbocycles. The molecule has 1 aromatic rings. The predicted molar refractivity (Wildman–Crippen MR) is 43.8 cm³/mol. The lowest BCUT2D eigenvalue weighted by Crippen LogP contribution is -2.30. The van der Waals surface area contributed by atoms with Crippen LogP contribution in [0.1, 0.15) is 0 Å². The SMILES string of the molecule is CN1CCNc2nnccc21. The Morgan fingerprint density at radius 2 is 2.55 bits per heavy atom. The first-order valence-electron chi connectivity index (χ1n) is 3.64. The second-order valence-electron chi connectivity index (χ2n) is 2.61. The molecule has 0 aliphatic carbocycles. The molecule has 0 saturated carbocycles. The lowest BCUT2D eigenvalue weighted by atomic mass is 10.3. The minimum atomic E-state index is 0.890. The van der Waals surface area contributed by atoms with Crippen molar-refractivity contribution in [3.05, 3.63) is 12.3 Å². The van der Waals surface area contributed by atoms with Crippen LogP contribution in [0.5, 0.6) is 0 Å². The molecular formula is C7H10N4. The lowest BCUT2D eigenvalue weighted by Gasteiger charge is -2.26. The van der Waals surface area contributed by atoms with E-state index in [9.17, 15) is 0 Å². The maximum Gasteiger partial charge on any atom is 0.172 e. The quantitative estimate of drug-likeness (QED) is 0.579. The van der Waals surface area contributed by atoms with Crippen molar-refractivity contribution < 1.29 is 0 Å². The standard InChI is InChI=1S/C7H10N4/c1-11-5-4-8-7-6(11)2-3-9-10-7/h2-3H,4-5H2,1H3,(H,8,10). The van der Waals surface area contributed by atoms with Crippen LogP contribution in [0.2, 0.25) is 0 Å². The van der Waals surface area contributed by atoms with Gasteiger partial charge in [0.15, 0.2) is 5.82 Å². The van der Waals surface area contributed by atoms with Crippen LogP contribution < -0.4 is 10.2 Å². The van der Waals surface area contributed by atoms with Gasteiger partial charge in [-0.3, -0.25) is 0 Å². The molecule has 0 fully saturated rings. The summed E-state index contributed by atoms with van der Waals surface area (Å²) in [5.74, 6) is 0.890. The molecule has 11 heavy (non-hydrogen) atoms. The molecule has 4 heteroatoms. The molecule has 0 atom stereocenters. The molecule has 2 rings (SSSR count). The molecule has 0 spiro atoms. The highest BCUT2D eigenvalue weighted by molar-refractivity contribution is 5.66. The van der Waals surface area contributed by atoms with Crippen LogP contribution in [0.3, 0.4) is 0 Å². The third kappa shape index (κ3) is 1.00. The molecular weight excluding hydrogens is 140 g/mol. The van der Waals surface area contributed by atoms with Gasteiger partial charge in [-0.15, -0.1) is 5.10 Å². The highest BCUT2D eigenvalue weighted by atomic mass is 15.2. The molecule has 2 heterocycles. The molecule has 0 radical (unpaired) electrons. The molecule has 0 saturated heterocycles. The first-order valence-corrected chi connectivity index (χ1v) is 3.64. The number of anilines is 2. The summed E-state index contributed by atoms with van der Waals surface area (Å²) < 4.78 is 0. The van der Waals surface area contributed by atoms with Gasteiger partial charge in [-0.25, -0.2) is 0 Å². The second-order valence-corrected chi connectivity index (χ2v) is 2.61. The number of fused-ring (bicyclic) bond motifs is 1. The Morgan fingerprint density at radius 1 is 1.64 bits per heavy atom. The summed E-state index contributed by atoms with van der Waals surface area (Å²) in [6, 6.07) is 1.97. The molecule has 0 unspecified atom stereocenters. The van der Waals surface area contributed by atoms with Crippen molar-refractivity contribution >= 4 is 11.5 Å². The summed E-state index contributed by atoms with van der Waals surface area (Å²) in [5, 5.41) is 10.9. The molecule has 58 valence electrons. The highest BCUT2D eigenvalue weighted by Crippen LogP contribution is 2.23. The number of nitrogens with zero attached hydrogens (tertiary/aromatic N) is 3. The molecule has 0 bridgehead atoms. The van der Waals surface area contributed by atoms with Gasteiger partial charge >= 0.3 is 0 Å². The third-order valence-corrected chi connectivity index (χ3v) is 1.85. The Hall–Kier alpha value is -1.32. The Labute approximate surface area is 65.2 Å². The Bertz CT molecular complexity index is 260. The summed E-state index contributed by atoms with van der Waals surface area (Å²) in [6.45, 7) is 1.97. The fourth-order valence-corrected chi connectivity index (χ4v) is 1.22. The molecule has 1 aliphatic heterocycles. The smallest absolute Gasteiger partial charge is 0.172 e. The van der Waals surface area contributed by atoms with Crippen molar-refractivity contribution in [2.45, 2.75) is 0 Å². The van der Waals surface area contributed by atoms with Crippen molar-refractivity contribution in [1.29, 1.82) is 0 Å². The molecule has 4 nitrogen and oxygen atoms in total. The number of rotatable bonds is 0. The maximum absolute atomic E-state index is 3.97. The van der Waals surface area contributed by atoms with Gasteiger partial charge in [0.2, 0.25) is 0 Å². The molecule has 1 aromatic heterocycles. The van der Waals surface area contributed by atoms with Crippen molar-refractivity contribution in [1.82, 2.24) is 10.2 Å². The average molecular weight is 150 g/mol. The van der Waals surface area contributed by atoms with E-state index in [4.69, 9.17) is 0 Å². The van der Waals surface area contributed by atoms with E-state index in [1.165, 1.54) is 0 Å². The van der Waals surface area contributed by atoms with Crippen molar-refractivity contribution in [3.8, 4) is 0 Å². The van der Waals surface area contributed by atoms with Gasteiger partial charge in [0.1, 0.15) is 0 Å². The maximum atomic E-state index is 3.97. The number of hydrogen-bond acceptors (Lipinski definition) is 4. The minimum absolute atomic E-state index is 0.890. The van der Waals surface area contributed by atoms with E-state index in [2.05, 4.69) is 27.5 Å². The zero-order chi connectivity index (χ0) is 7.68. The summed E-state index contributed by atoms with van der Waals surface area (Å²) in [7, 11) is 2.06. The highest BCUT2D eigenvalue weighted by Gasteiger charge is 2.12. The fourth-order valence-electron chi connectivity index (χ4n) is 1.22. The van der Waals surface area contributed by atoms with Gasteiger partial charge in [0.05, 0.1) is 11.9 Å². The van der Waals surface area contributed by atoms with E-state index in [0.29, 0.717) is 0 Å². The van der Waals surface area contributed by atoms with Crippen LogP contribution in [-0.2, 0) is 0 Å². The van der Waals surface area contributed by atoms with E-state index in [1.54, 1.807) is 6.20 Å². The van der Waals surface area contributed by atoms with Crippen LogP contribution in [0.4, 0.5) is 11.5 Å². The van der Waals surface area contributed by atoms with Gasteiger partial charge in [0.25, 0.3) is 0 Å². The topological polar surface area (TPSA) is 41.0 Å². The van der Waals surface area contributed by atoms with Crippen molar-refractivity contribution in [3.63, 3.8) is 0 Å². The van der Waals surface area contributed by atoms with Crippen LogP contribution in [0.15, 0.2) is 12.3 Å². The summed E-state index contributed by atoms with van der Waals surface area (Å²) in [5.41, 5.74) is 1.13. The minimum Gasteiger partial charge on any atom is -0.370 e. The summed E-state index contributed by atoms with van der Waals surface area (Å²) >= 11 is 0. The zero-order valence-corrected chi connectivity index (χ0v) is 6.41. The van der Waals surface area contributed by atoms with Gasteiger partial charge < -0.3 is 10.2 Å². The number of hydrogen-bond donors (Lipinski definition) is 1. The summed E-state index contributed by atoms with van der Waals surface area (Å²) in [4.78, 5) is 2.17. The first-order chi connectivity index (χ1) is 5.38. The van der Waals surface area contributed by atoms with Gasteiger partial charge in [0, 0.05) is 20.1 Å². The van der Waals surface area contributed by atoms with E-state index < -0.39 is 0 Å². The Morgan fingerprint density at radius 3 is 3.36 bits per heavy atom. The first kappa shape index (κ1) is 6.39. The van der Waals surface area contributed by atoms with Crippen LogP contribution in [-0.4, -0.2) is 30.3 Å². The average Bonchev–Trinajstić information content (AvgIpc) is 2.06. The van der Waals surface area contributed by atoms with Crippen LogP contribution in [0.25, 0.3) is 0 Å². The van der Waals surface area contributed by atoms with Gasteiger partial charge in [-0.1, -0.05) is 0 Å². The number of nitrogens with one attached hydrogen (secondary N) is 1. The van der Waals surface area contributed by atoms with Crippen LogP contribution in [0, 0.1) is 0 Å². The normalized spacial score (nSPS) is 15.5. The van der Waals surface area contributed by atoms with Gasteiger partial charge in [-0.2, -0.15) is 5.10 Å². The number of likely N-dealkylation sites (N-methyl/N-ethyl adjacent to an activating group) is 1. The van der Waals surface area contributed by atoms with E-state index in [1.807, 2.05) is 6.07 Å². The Kier molecular flexibility index (Phi) is 1.38. The third-order valence-electron chi connectivity index (χ3n) is 1.85. The van der Waals surface area contributed by atoms with Crippen molar-refractivity contribution in [2.75, 3.05) is 30.4 Å². The fraction of sp³-hybridized carbons (Fsp3) is 0.429. The van der Waals surface area contributed by atoms with Crippen molar-refractivity contribution in [2.24, 2.45) is 0 Å². The van der Waals surface area contributed by atoms with E-state index in [-0.39, 0.29) is 0 Å². The van der Waals surface area contributed by atoms with E-state index in [0.717, 1.165) is 24.6 Å². The van der Waals surface area contributed by atoms with Crippen LogP contribution >= 0.6 is 0 Å². The Balaban J connectivity index is 2.44. The summed E-state index contributed by atoms with van der Waals surface area (Å²) in [6.07, 6.45) is 1.71. The van der Waals surface area contributed by atoms with E-state index >= 15 is 0 Å². The largest absolute Gasteiger partial charge is 0.370 e. The second kappa shape index (κ2) is 2.38. The molecule has 1 aliphatic rings. The molecule has 0 amide bonds. The molecule has 1 N–H and O–H groups in total. The monoisotopic (exact) mass is 150 g/mol. The van der Waals surface area contributed by atoms with Gasteiger partial charge in [-0.05, 0) is 6.07 Å².